The Morgan fingerprint density at radius 2 is 2.21 bits per heavy atom. The van der Waals surface area contributed by atoms with Gasteiger partial charge in [-0.05, 0) is 31.0 Å². The van der Waals surface area contributed by atoms with Crippen LogP contribution in [0, 0.1) is 11.7 Å². The van der Waals surface area contributed by atoms with Gasteiger partial charge in [-0.25, -0.2) is 9.37 Å². The second-order valence-corrected chi connectivity index (χ2v) is 5.22. The van der Waals surface area contributed by atoms with Gasteiger partial charge in [-0.3, -0.25) is 0 Å². The van der Waals surface area contributed by atoms with Gasteiger partial charge >= 0.3 is 0 Å². The standard InChI is InChI=1S/C14H18FN3O/c15-10-5-6-12-13(7-10)18-14(17-12)16-11-4-2-1-3-9(11)8-19/h5-7,9,11,19H,1-4,8H2,(H2,16,17,18). The van der Waals surface area contributed by atoms with Gasteiger partial charge in [0.1, 0.15) is 5.82 Å². The first-order chi connectivity index (χ1) is 9.26. The Morgan fingerprint density at radius 1 is 1.37 bits per heavy atom. The molecular formula is C14H18FN3O. The molecule has 0 aliphatic heterocycles. The summed E-state index contributed by atoms with van der Waals surface area (Å²) in [4.78, 5) is 7.49. The van der Waals surface area contributed by atoms with Crippen LogP contribution in [-0.4, -0.2) is 27.7 Å². The van der Waals surface area contributed by atoms with Gasteiger partial charge in [-0.2, -0.15) is 0 Å². The van der Waals surface area contributed by atoms with E-state index in [2.05, 4.69) is 15.3 Å². The molecule has 0 spiro atoms. The van der Waals surface area contributed by atoms with Crippen molar-refractivity contribution in [2.24, 2.45) is 5.92 Å². The molecule has 0 radical (unpaired) electrons. The molecule has 1 aliphatic rings. The van der Waals surface area contributed by atoms with Crippen molar-refractivity contribution in [1.82, 2.24) is 9.97 Å². The maximum atomic E-state index is 13.1. The third-order valence-corrected chi connectivity index (χ3v) is 3.91. The van der Waals surface area contributed by atoms with Crippen LogP contribution in [0.1, 0.15) is 25.7 Å². The van der Waals surface area contributed by atoms with Crippen molar-refractivity contribution >= 4 is 17.0 Å². The van der Waals surface area contributed by atoms with E-state index in [1.165, 1.54) is 25.0 Å². The minimum Gasteiger partial charge on any atom is -0.396 e. The number of imidazole rings is 1. The van der Waals surface area contributed by atoms with E-state index >= 15 is 0 Å². The van der Waals surface area contributed by atoms with Crippen LogP contribution in [0.4, 0.5) is 10.3 Å². The van der Waals surface area contributed by atoms with Gasteiger partial charge in [0.05, 0.1) is 11.0 Å². The highest BCUT2D eigenvalue weighted by atomic mass is 19.1. The average Bonchev–Trinajstić information content (AvgIpc) is 2.80. The minimum absolute atomic E-state index is 0.201. The lowest BCUT2D eigenvalue weighted by atomic mass is 9.85. The number of nitrogens with zero attached hydrogens (tertiary/aromatic N) is 1. The van der Waals surface area contributed by atoms with Crippen molar-refractivity contribution in [3.63, 3.8) is 0 Å². The van der Waals surface area contributed by atoms with Crippen LogP contribution in [0.25, 0.3) is 11.0 Å². The van der Waals surface area contributed by atoms with E-state index in [0.29, 0.717) is 11.5 Å². The number of hydrogen-bond acceptors (Lipinski definition) is 3. The molecule has 1 heterocycles. The zero-order valence-electron chi connectivity index (χ0n) is 10.7. The summed E-state index contributed by atoms with van der Waals surface area (Å²) in [5.74, 6) is 0.665. The Balaban J connectivity index is 1.80. The maximum Gasteiger partial charge on any atom is 0.201 e. The van der Waals surface area contributed by atoms with Gasteiger partial charge in [0, 0.05) is 18.6 Å². The zero-order chi connectivity index (χ0) is 13.2. The Bertz CT molecular complexity index is 569. The summed E-state index contributed by atoms with van der Waals surface area (Å²) in [5, 5.41) is 12.7. The zero-order valence-corrected chi connectivity index (χ0v) is 10.7. The van der Waals surface area contributed by atoms with Crippen LogP contribution in [0.3, 0.4) is 0 Å². The lowest BCUT2D eigenvalue weighted by Gasteiger charge is -2.30. The topological polar surface area (TPSA) is 60.9 Å². The summed E-state index contributed by atoms with van der Waals surface area (Å²) < 4.78 is 13.1. The van der Waals surface area contributed by atoms with E-state index in [9.17, 15) is 9.50 Å². The number of hydrogen-bond donors (Lipinski definition) is 3. The number of nitrogens with one attached hydrogen (secondary N) is 2. The summed E-state index contributed by atoms with van der Waals surface area (Å²) in [7, 11) is 0. The average molecular weight is 263 g/mol. The second-order valence-electron chi connectivity index (χ2n) is 5.22. The second kappa shape index (κ2) is 5.17. The number of halogens is 1. The maximum absolute atomic E-state index is 13.1. The third kappa shape index (κ3) is 2.56. The Labute approximate surface area is 111 Å². The van der Waals surface area contributed by atoms with Crippen molar-refractivity contribution in [2.45, 2.75) is 31.7 Å². The Hall–Kier alpha value is -1.62. The number of aromatic nitrogens is 2. The predicted molar refractivity (Wildman–Crippen MR) is 72.5 cm³/mol. The highest BCUT2D eigenvalue weighted by molar-refractivity contribution is 5.77. The number of anilines is 1. The first-order valence-electron chi connectivity index (χ1n) is 6.79. The minimum atomic E-state index is -0.270. The number of aliphatic hydroxyl groups is 1. The largest absolute Gasteiger partial charge is 0.396 e. The molecule has 0 amide bonds. The molecule has 0 bridgehead atoms. The summed E-state index contributed by atoms with van der Waals surface area (Å²) in [6, 6.07) is 4.75. The molecular weight excluding hydrogens is 245 g/mol. The van der Waals surface area contributed by atoms with Crippen LogP contribution in [0.5, 0.6) is 0 Å². The highest BCUT2D eigenvalue weighted by Gasteiger charge is 2.25. The smallest absolute Gasteiger partial charge is 0.201 e. The van der Waals surface area contributed by atoms with E-state index in [0.717, 1.165) is 18.4 Å². The molecule has 1 aromatic carbocycles. The van der Waals surface area contributed by atoms with Crippen molar-refractivity contribution in [2.75, 3.05) is 11.9 Å². The van der Waals surface area contributed by atoms with E-state index in [4.69, 9.17) is 0 Å². The molecule has 102 valence electrons. The van der Waals surface area contributed by atoms with E-state index in [-0.39, 0.29) is 24.4 Å². The fraction of sp³-hybridized carbons (Fsp3) is 0.500. The number of H-pyrrole nitrogens is 1. The molecule has 2 atom stereocenters. The third-order valence-electron chi connectivity index (χ3n) is 3.91. The van der Waals surface area contributed by atoms with E-state index in [1.807, 2.05) is 0 Å². The first-order valence-corrected chi connectivity index (χ1v) is 6.79. The highest BCUT2D eigenvalue weighted by Crippen LogP contribution is 2.27. The molecule has 1 aliphatic carbocycles. The Kier molecular flexibility index (Phi) is 3.38. The summed E-state index contributed by atoms with van der Waals surface area (Å²) in [6.45, 7) is 0.201. The van der Waals surface area contributed by atoms with Crippen LogP contribution in [0.2, 0.25) is 0 Å². The number of fused-ring (bicyclic) bond motifs is 1. The lowest BCUT2D eigenvalue weighted by Crippen LogP contribution is -2.34. The van der Waals surface area contributed by atoms with Gasteiger partial charge in [-0.15, -0.1) is 0 Å². The Morgan fingerprint density at radius 3 is 3.05 bits per heavy atom. The summed E-state index contributed by atoms with van der Waals surface area (Å²) >= 11 is 0. The fourth-order valence-corrected chi connectivity index (χ4v) is 2.84. The SMILES string of the molecule is OCC1CCCCC1Nc1nc2ccc(F)cc2[nH]1. The van der Waals surface area contributed by atoms with Gasteiger partial charge in [0.2, 0.25) is 5.95 Å². The molecule has 1 saturated carbocycles. The molecule has 1 fully saturated rings. The van der Waals surface area contributed by atoms with Crippen LogP contribution in [-0.2, 0) is 0 Å². The molecule has 0 saturated heterocycles. The van der Waals surface area contributed by atoms with Gasteiger partial charge < -0.3 is 15.4 Å². The molecule has 1 aromatic heterocycles. The van der Waals surface area contributed by atoms with E-state index < -0.39 is 0 Å². The van der Waals surface area contributed by atoms with Crippen molar-refractivity contribution < 1.29 is 9.50 Å². The molecule has 3 rings (SSSR count). The van der Waals surface area contributed by atoms with Crippen molar-refractivity contribution in [1.29, 1.82) is 0 Å². The quantitative estimate of drug-likeness (QED) is 0.798. The molecule has 4 nitrogen and oxygen atoms in total. The van der Waals surface area contributed by atoms with Crippen LogP contribution < -0.4 is 5.32 Å². The summed E-state index contributed by atoms with van der Waals surface area (Å²) in [5.41, 5.74) is 1.44. The summed E-state index contributed by atoms with van der Waals surface area (Å²) in [6.07, 6.45) is 4.43. The van der Waals surface area contributed by atoms with Crippen LogP contribution >= 0.6 is 0 Å². The monoisotopic (exact) mass is 263 g/mol. The first kappa shape index (κ1) is 12.4. The molecule has 2 aromatic rings. The van der Waals surface area contributed by atoms with Gasteiger partial charge in [0.15, 0.2) is 0 Å². The van der Waals surface area contributed by atoms with Gasteiger partial charge in [-0.1, -0.05) is 12.8 Å². The number of benzene rings is 1. The number of rotatable bonds is 3. The molecule has 3 N–H and O–H groups in total. The number of aliphatic hydroxyl groups excluding tert-OH is 1. The number of aromatic amines is 1. The van der Waals surface area contributed by atoms with Gasteiger partial charge in [0.25, 0.3) is 0 Å². The normalized spacial score (nSPS) is 23.7. The fourth-order valence-electron chi connectivity index (χ4n) is 2.84. The van der Waals surface area contributed by atoms with Crippen molar-refractivity contribution in [3.05, 3.63) is 24.0 Å². The van der Waals surface area contributed by atoms with Crippen LogP contribution in [0.15, 0.2) is 18.2 Å². The lowest BCUT2D eigenvalue weighted by molar-refractivity contribution is 0.178. The predicted octanol–water partition coefficient (Wildman–Crippen LogP) is 2.67. The molecule has 5 heteroatoms. The molecule has 2 unspecified atom stereocenters. The van der Waals surface area contributed by atoms with Crippen molar-refractivity contribution in [3.8, 4) is 0 Å². The molecule has 19 heavy (non-hydrogen) atoms. The van der Waals surface area contributed by atoms with E-state index in [1.54, 1.807) is 6.07 Å².